The summed E-state index contributed by atoms with van der Waals surface area (Å²) < 4.78 is 8.34. The molecule has 56 heavy (non-hydrogen) atoms. The van der Waals surface area contributed by atoms with Crippen LogP contribution in [0.25, 0.3) is 44.6 Å². The largest absolute Gasteiger partial charge is 0.550 e. The van der Waals surface area contributed by atoms with Gasteiger partial charge in [0.05, 0.1) is 71.1 Å². The number of nitrogens with zero attached hydrogens (tertiary/aromatic N) is 4. The van der Waals surface area contributed by atoms with Gasteiger partial charge in [-0.1, -0.05) is 50.2 Å². The summed E-state index contributed by atoms with van der Waals surface area (Å²) in [5.74, 6) is -1.93. The fraction of sp³-hybridized carbons (Fsp3) is 0.286. The molecule has 7 heterocycles. The predicted octanol–water partition coefficient (Wildman–Crippen LogP) is 2.30. The Morgan fingerprint density at radius 3 is 1.96 bits per heavy atom. The first-order chi connectivity index (χ1) is 26.4. The smallest absolute Gasteiger partial charge is 0.309 e. The van der Waals surface area contributed by atoms with Crippen molar-refractivity contribution in [1.29, 1.82) is 0 Å². The third-order valence-electron chi connectivity index (χ3n) is 11.1. The van der Waals surface area contributed by atoms with Gasteiger partial charge in [-0.25, -0.2) is 9.97 Å². The van der Waals surface area contributed by atoms with Crippen LogP contribution in [0.1, 0.15) is 72.9 Å². The number of pyridine rings is 4. The summed E-state index contributed by atoms with van der Waals surface area (Å²) in [5.41, 5.74) is 3.05. The highest BCUT2D eigenvalue weighted by Gasteiger charge is 2.40. The fourth-order valence-electron chi connectivity index (χ4n) is 8.05. The number of rotatable bonds is 6. The summed E-state index contributed by atoms with van der Waals surface area (Å²) in [7, 11) is 0. The van der Waals surface area contributed by atoms with E-state index in [1.165, 1.54) is 4.57 Å². The van der Waals surface area contributed by atoms with Gasteiger partial charge in [0.2, 0.25) is 0 Å². The lowest BCUT2D eigenvalue weighted by Crippen LogP contribution is -2.38. The van der Waals surface area contributed by atoms with Crippen LogP contribution in [0.5, 0.6) is 0 Å². The minimum atomic E-state index is -1.81. The van der Waals surface area contributed by atoms with Crippen molar-refractivity contribution in [2.24, 2.45) is 0 Å². The third kappa shape index (κ3) is 6.16. The monoisotopic (exact) mass is 759 g/mol. The van der Waals surface area contributed by atoms with Gasteiger partial charge >= 0.3 is 5.97 Å². The highest BCUT2D eigenvalue weighted by Crippen LogP contribution is 2.40. The number of fused-ring (bicyclic) bond motifs is 9. The second-order valence-electron chi connectivity index (χ2n) is 14.3. The average Bonchev–Trinajstić information content (AvgIpc) is 3.68. The molecule has 2 unspecified atom stereocenters. The number of hydrogen-bond acceptors (Lipinski definition) is 11. The maximum atomic E-state index is 13.2. The zero-order valence-corrected chi connectivity index (χ0v) is 30.7. The molecule has 0 spiro atoms. The maximum absolute atomic E-state index is 13.2. The number of benzene rings is 2. The van der Waals surface area contributed by atoms with Crippen molar-refractivity contribution < 1.29 is 40.2 Å². The number of carbonyl (C=O) groups is 2. The number of hydrogen-bond donors (Lipinski definition) is 3. The normalized spacial score (nSPS) is 17.2. The van der Waals surface area contributed by atoms with Gasteiger partial charge < -0.3 is 44.6 Å². The van der Waals surface area contributed by atoms with Gasteiger partial charge in [-0.15, -0.1) is 0 Å². The van der Waals surface area contributed by atoms with E-state index in [1.807, 2.05) is 60.7 Å². The number of aliphatic hydroxyl groups is 3. The number of ether oxygens (including phenoxy) is 1. The van der Waals surface area contributed by atoms with E-state index in [0.29, 0.717) is 47.7 Å². The van der Waals surface area contributed by atoms with E-state index in [2.05, 4.69) is 11.1 Å². The van der Waals surface area contributed by atoms with Crippen LogP contribution >= 0.6 is 0 Å². The molecule has 0 saturated heterocycles. The van der Waals surface area contributed by atoms with Crippen molar-refractivity contribution in [1.82, 2.24) is 19.1 Å². The molecular formula is C42H39N4O10-. The molecule has 2 aromatic carbocycles. The molecule has 4 aromatic heterocycles. The standard InChI is InChI=1S/C21H20N2O5.C21H18N2O4.H2O/c1-2-21(28,9-18(25)26)15-8-17-19-13(10-23(17)20(27)14(15)11-24)7-12-5-3-4-6-16(12)22-19;1-2-21(26)9-18(24)27-11-14-15(21)8-17-19-13(10-23(17)20(14)25)7-12-5-3-4-6-16(12)22-19;/h3-8,24,28H,2,9-11H2,1H3,(H,25,26);3-8,26H,2,9-11H2,1H3;1H2/p-1. The molecule has 2 atom stereocenters. The molecule has 0 bridgehead atoms. The van der Waals surface area contributed by atoms with E-state index >= 15 is 0 Å². The molecule has 3 aliphatic rings. The number of carboxylic acids is 1. The average molecular weight is 760 g/mol. The van der Waals surface area contributed by atoms with Crippen LogP contribution in [0.2, 0.25) is 0 Å². The Hall–Kier alpha value is -6.06. The van der Waals surface area contributed by atoms with Crippen molar-refractivity contribution in [3.05, 3.63) is 127 Å². The first-order valence-electron chi connectivity index (χ1n) is 18.1. The number of para-hydroxylation sites is 2. The first kappa shape index (κ1) is 38.2. The topological polar surface area (TPSA) is 228 Å². The molecule has 0 saturated carbocycles. The second kappa shape index (κ2) is 14.2. The minimum Gasteiger partial charge on any atom is -0.550 e. The van der Waals surface area contributed by atoms with Crippen LogP contribution in [-0.2, 0) is 51.8 Å². The van der Waals surface area contributed by atoms with E-state index in [9.17, 15) is 39.6 Å². The van der Waals surface area contributed by atoms with Crippen molar-refractivity contribution in [3.8, 4) is 22.8 Å². The van der Waals surface area contributed by atoms with Crippen LogP contribution in [-0.4, -0.2) is 51.8 Å². The van der Waals surface area contributed by atoms with E-state index < -0.39 is 41.7 Å². The summed E-state index contributed by atoms with van der Waals surface area (Å²) in [6.45, 7) is 3.44. The van der Waals surface area contributed by atoms with Gasteiger partial charge in [-0.3, -0.25) is 14.4 Å². The Morgan fingerprint density at radius 1 is 0.875 bits per heavy atom. The fourth-order valence-corrected chi connectivity index (χ4v) is 8.05. The number of aliphatic hydroxyl groups excluding tert-OH is 1. The number of aromatic nitrogens is 4. The molecule has 5 N–H and O–H groups in total. The number of aliphatic carboxylic acids is 1. The van der Waals surface area contributed by atoms with Crippen LogP contribution in [0.3, 0.4) is 0 Å². The summed E-state index contributed by atoms with van der Waals surface area (Å²) in [6, 6.07) is 22.8. The van der Waals surface area contributed by atoms with Gasteiger partial charge in [0.1, 0.15) is 12.2 Å². The molecule has 0 fully saturated rings. The third-order valence-corrected chi connectivity index (χ3v) is 11.1. The lowest BCUT2D eigenvalue weighted by molar-refractivity contribution is -0.309. The van der Waals surface area contributed by atoms with Crippen LogP contribution in [0.15, 0.2) is 82.4 Å². The summed E-state index contributed by atoms with van der Waals surface area (Å²) in [4.78, 5) is 58.7. The highest BCUT2D eigenvalue weighted by molar-refractivity contribution is 5.85. The van der Waals surface area contributed by atoms with Crippen molar-refractivity contribution >= 4 is 33.7 Å². The Labute approximate surface area is 319 Å². The summed E-state index contributed by atoms with van der Waals surface area (Å²) in [6.07, 6.45) is -0.459. The molecule has 288 valence electrons. The molecule has 14 heteroatoms. The molecule has 0 amide bonds. The zero-order chi connectivity index (χ0) is 38.8. The van der Waals surface area contributed by atoms with Gasteiger partial charge in [0.15, 0.2) is 0 Å². The van der Waals surface area contributed by atoms with Gasteiger partial charge in [-0.05, 0) is 60.4 Å². The van der Waals surface area contributed by atoms with Crippen LogP contribution < -0.4 is 16.2 Å². The van der Waals surface area contributed by atoms with Crippen molar-refractivity contribution in [2.75, 3.05) is 0 Å². The highest BCUT2D eigenvalue weighted by atomic mass is 16.5. The first-order valence-corrected chi connectivity index (χ1v) is 18.1. The van der Waals surface area contributed by atoms with Gasteiger partial charge in [-0.2, -0.15) is 0 Å². The van der Waals surface area contributed by atoms with Crippen LogP contribution in [0.4, 0.5) is 0 Å². The Bertz CT molecular complexity index is 2720. The van der Waals surface area contributed by atoms with E-state index in [0.717, 1.165) is 38.6 Å². The van der Waals surface area contributed by atoms with E-state index in [-0.39, 0.29) is 41.6 Å². The molecule has 0 aliphatic carbocycles. The number of carboxylic acid groups (broad SMARTS) is 1. The maximum Gasteiger partial charge on any atom is 0.309 e. The number of esters is 1. The SMILES string of the molecule is CCC(O)(CC(=O)[O-])c1cc2n(c(=O)c1CO)Cc1cc3ccccc3nc1-2.CCC1(O)CC(=O)OCc2c1cc1n(c2=O)Cc2cc3ccccc3nc2-1.O. The molecule has 9 rings (SSSR count). The van der Waals surface area contributed by atoms with Gasteiger partial charge in [0, 0.05) is 39.9 Å². The van der Waals surface area contributed by atoms with E-state index in [4.69, 9.17) is 9.72 Å². The predicted molar refractivity (Wildman–Crippen MR) is 203 cm³/mol. The second-order valence-corrected chi connectivity index (χ2v) is 14.3. The summed E-state index contributed by atoms with van der Waals surface area (Å²) >= 11 is 0. The van der Waals surface area contributed by atoms with Gasteiger partial charge in [0.25, 0.3) is 11.1 Å². The van der Waals surface area contributed by atoms with Crippen molar-refractivity contribution in [3.63, 3.8) is 0 Å². The molecule has 6 aromatic rings. The van der Waals surface area contributed by atoms with E-state index in [1.54, 1.807) is 24.5 Å². The number of carbonyl (C=O) groups excluding carboxylic acids is 2. The Kier molecular flexibility index (Phi) is 9.71. The molecule has 3 aliphatic heterocycles. The summed E-state index contributed by atoms with van der Waals surface area (Å²) in [5, 5.41) is 45.0. The molecule has 0 radical (unpaired) electrons. The lowest BCUT2D eigenvalue weighted by atomic mass is 9.85. The molecule has 14 nitrogen and oxygen atoms in total. The quantitative estimate of drug-likeness (QED) is 0.208. The Morgan fingerprint density at radius 2 is 1.43 bits per heavy atom. The van der Waals surface area contributed by atoms with Crippen LogP contribution in [0, 0.1) is 0 Å². The Balaban J connectivity index is 0.000000169. The molecular weight excluding hydrogens is 720 g/mol. The lowest BCUT2D eigenvalue weighted by Gasteiger charge is -2.30. The number of cyclic esters (lactones) is 1. The minimum absolute atomic E-state index is 0. The van der Waals surface area contributed by atoms with Crippen molar-refractivity contribution in [2.45, 2.75) is 77.0 Å². The zero-order valence-electron chi connectivity index (χ0n) is 30.7.